The molecule has 3 N–H and O–H groups in total. The zero-order valence-electron chi connectivity index (χ0n) is 11.5. The summed E-state index contributed by atoms with van der Waals surface area (Å²) in [4.78, 5) is -0.193. The molecule has 9 heteroatoms. The molecule has 0 bridgehead atoms. The molecular formula is C11H18N2O5S2. The molecule has 114 valence electrons. The molecule has 0 unspecified atom stereocenters. The summed E-state index contributed by atoms with van der Waals surface area (Å²) >= 11 is 0. The standard InChI is InChI=1S/C11H18N2O5S2/c1-11(2,8-18-3)13-20(16,17)10-6-4-9(5-7-10)19(12,14)15/h4-7,13H,8H2,1-3H3,(H2,12,14,15). The molecular weight excluding hydrogens is 304 g/mol. The Labute approximate surface area is 119 Å². The molecule has 1 aromatic rings. The van der Waals surface area contributed by atoms with Gasteiger partial charge in [-0.1, -0.05) is 0 Å². The maximum atomic E-state index is 12.1. The minimum Gasteiger partial charge on any atom is -0.383 e. The molecule has 0 spiro atoms. The molecule has 0 heterocycles. The minimum atomic E-state index is -3.84. The van der Waals surface area contributed by atoms with Crippen molar-refractivity contribution in [1.82, 2.24) is 4.72 Å². The first-order chi connectivity index (χ1) is 8.98. The molecule has 0 radical (unpaired) electrons. The van der Waals surface area contributed by atoms with Gasteiger partial charge in [0, 0.05) is 7.11 Å². The van der Waals surface area contributed by atoms with E-state index in [1.807, 2.05) is 0 Å². The number of nitrogens with two attached hydrogens (primary N) is 1. The monoisotopic (exact) mass is 322 g/mol. The smallest absolute Gasteiger partial charge is 0.241 e. The number of nitrogens with one attached hydrogen (secondary N) is 1. The molecule has 0 aliphatic carbocycles. The lowest BCUT2D eigenvalue weighted by Gasteiger charge is -2.24. The van der Waals surface area contributed by atoms with E-state index in [0.29, 0.717) is 0 Å². The first kappa shape index (κ1) is 17.1. The van der Waals surface area contributed by atoms with Crippen molar-refractivity contribution in [3.63, 3.8) is 0 Å². The summed E-state index contributed by atoms with van der Waals surface area (Å²) < 4.78 is 53.9. The first-order valence-corrected chi connectivity index (χ1v) is 8.67. The van der Waals surface area contributed by atoms with Gasteiger partial charge in [-0.3, -0.25) is 0 Å². The van der Waals surface area contributed by atoms with E-state index in [-0.39, 0.29) is 16.4 Å². The average Bonchev–Trinajstić information content (AvgIpc) is 2.26. The first-order valence-electron chi connectivity index (χ1n) is 5.64. The summed E-state index contributed by atoms with van der Waals surface area (Å²) in [6.07, 6.45) is 0. The second-order valence-corrected chi connectivity index (χ2v) is 8.18. The van der Waals surface area contributed by atoms with Crippen LogP contribution in [0.4, 0.5) is 0 Å². The van der Waals surface area contributed by atoms with Crippen LogP contribution in [0.15, 0.2) is 34.1 Å². The van der Waals surface area contributed by atoms with Crippen LogP contribution < -0.4 is 9.86 Å². The molecule has 0 saturated carbocycles. The van der Waals surface area contributed by atoms with Crippen molar-refractivity contribution in [1.29, 1.82) is 0 Å². The molecule has 0 fully saturated rings. The second kappa shape index (κ2) is 5.78. The number of hydrogen-bond acceptors (Lipinski definition) is 5. The van der Waals surface area contributed by atoms with E-state index in [4.69, 9.17) is 9.88 Å². The molecule has 0 aliphatic rings. The number of sulfonamides is 2. The van der Waals surface area contributed by atoms with Crippen molar-refractivity contribution in [3.8, 4) is 0 Å². The van der Waals surface area contributed by atoms with Crippen LogP contribution >= 0.6 is 0 Å². The molecule has 0 aliphatic heterocycles. The van der Waals surface area contributed by atoms with E-state index in [2.05, 4.69) is 4.72 Å². The lowest BCUT2D eigenvalue weighted by atomic mass is 10.1. The maximum Gasteiger partial charge on any atom is 0.241 e. The van der Waals surface area contributed by atoms with Gasteiger partial charge in [0.05, 0.1) is 21.9 Å². The SMILES string of the molecule is COCC(C)(C)NS(=O)(=O)c1ccc(S(N)(=O)=O)cc1. The van der Waals surface area contributed by atoms with Gasteiger partial charge >= 0.3 is 0 Å². The number of benzene rings is 1. The third kappa shape index (κ3) is 4.53. The Hall–Kier alpha value is -1.00. The fourth-order valence-electron chi connectivity index (χ4n) is 1.62. The highest BCUT2D eigenvalue weighted by atomic mass is 32.2. The van der Waals surface area contributed by atoms with Gasteiger partial charge in [-0.2, -0.15) is 0 Å². The number of hydrogen-bond donors (Lipinski definition) is 2. The summed E-state index contributed by atoms with van der Waals surface area (Å²) in [6, 6.07) is 4.66. The largest absolute Gasteiger partial charge is 0.383 e. The zero-order chi connectivity index (χ0) is 15.6. The van der Waals surface area contributed by atoms with Gasteiger partial charge in [0.1, 0.15) is 0 Å². The summed E-state index contributed by atoms with van der Waals surface area (Å²) in [7, 11) is -6.14. The molecule has 0 atom stereocenters. The Bertz CT molecular complexity index is 663. The van der Waals surface area contributed by atoms with Gasteiger partial charge < -0.3 is 4.74 Å². The van der Waals surface area contributed by atoms with Crippen LogP contribution in [0.2, 0.25) is 0 Å². The highest BCUT2D eigenvalue weighted by Gasteiger charge is 2.26. The maximum absolute atomic E-state index is 12.1. The van der Waals surface area contributed by atoms with Crippen molar-refractivity contribution in [3.05, 3.63) is 24.3 Å². The van der Waals surface area contributed by atoms with Crippen LogP contribution in [0.5, 0.6) is 0 Å². The highest BCUT2D eigenvalue weighted by Crippen LogP contribution is 2.16. The van der Waals surface area contributed by atoms with Crippen LogP contribution in [0.1, 0.15) is 13.8 Å². The molecule has 0 saturated heterocycles. The molecule has 1 aromatic carbocycles. The fourth-order valence-corrected chi connectivity index (χ4v) is 3.54. The summed E-state index contributed by atoms with van der Waals surface area (Å²) in [5, 5.41) is 4.95. The fraction of sp³-hybridized carbons (Fsp3) is 0.455. The highest BCUT2D eigenvalue weighted by molar-refractivity contribution is 7.89. The molecule has 1 rings (SSSR count). The van der Waals surface area contributed by atoms with Gasteiger partial charge in [-0.05, 0) is 38.1 Å². The van der Waals surface area contributed by atoms with E-state index in [0.717, 1.165) is 12.1 Å². The van der Waals surface area contributed by atoms with Crippen molar-refractivity contribution >= 4 is 20.0 Å². The van der Waals surface area contributed by atoms with Crippen molar-refractivity contribution in [2.45, 2.75) is 29.2 Å². The van der Waals surface area contributed by atoms with Gasteiger partial charge in [0.2, 0.25) is 20.0 Å². The molecule has 0 amide bonds. The lowest BCUT2D eigenvalue weighted by Crippen LogP contribution is -2.46. The third-order valence-corrected chi connectivity index (χ3v) is 5.02. The molecule has 0 aromatic heterocycles. The van der Waals surface area contributed by atoms with Crippen LogP contribution in [0.3, 0.4) is 0 Å². The molecule has 20 heavy (non-hydrogen) atoms. The van der Waals surface area contributed by atoms with Crippen LogP contribution in [0.25, 0.3) is 0 Å². The Kier molecular flexibility index (Phi) is 4.93. The van der Waals surface area contributed by atoms with E-state index < -0.39 is 25.6 Å². The Morgan fingerprint density at radius 1 is 1.10 bits per heavy atom. The van der Waals surface area contributed by atoms with Crippen LogP contribution in [-0.4, -0.2) is 36.1 Å². The summed E-state index contributed by atoms with van der Waals surface area (Å²) in [5.41, 5.74) is -0.786. The van der Waals surface area contributed by atoms with E-state index in [1.165, 1.54) is 19.2 Å². The number of rotatable bonds is 6. The predicted octanol–water partition coefficient (Wildman–Crippen LogP) is 0.0373. The second-order valence-electron chi connectivity index (χ2n) is 4.94. The number of methoxy groups -OCH3 is 1. The predicted molar refractivity (Wildman–Crippen MR) is 74.1 cm³/mol. The van der Waals surface area contributed by atoms with Gasteiger partial charge in [-0.15, -0.1) is 0 Å². The Morgan fingerprint density at radius 2 is 1.55 bits per heavy atom. The average molecular weight is 322 g/mol. The van der Waals surface area contributed by atoms with Gasteiger partial charge in [-0.25, -0.2) is 26.7 Å². The zero-order valence-corrected chi connectivity index (χ0v) is 13.1. The van der Waals surface area contributed by atoms with Gasteiger partial charge in [0.15, 0.2) is 0 Å². The van der Waals surface area contributed by atoms with E-state index in [1.54, 1.807) is 13.8 Å². The van der Waals surface area contributed by atoms with Crippen LogP contribution in [-0.2, 0) is 24.8 Å². The number of primary sulfonamides is 1. The van der Waals surface area contributed by atoms with Crippen LogP contribution in [0, 0.1) is 0 Å². The normalized spacial score (nSPS) is 13.4. The Morgan fingerprint density at radius 3 is 1.95 bits per heavy atom. The van der Waals surface area contributed by atoms with Crippen molar-refractivity contribution in [2.24, 2.45) is 5.14 Å². The number of ether oxygens (including phenoxy) is 1. The Balaban J connectivity index is 3.06. The van der Waals surface area contributed by atoms with E-state index >= 15 is 0 Å². The summed E-state index contributed by atoms with van der Waals surface area (Å²) in [6.45, 7) is 3.54. The van der Waals surface area contributed by atoms with Gasteiger partial charge in [0.25, 0.3) is 0 Å². The molecule has 7 nitrogen and oxygen atoms in total. The topological polar surface area (TPSA) is 116 Å². The third-order valence-electron chi connectivity index (χ3n) is 2.38. The lowest BCUT2D eigenvalue weighted by molar-refractivity contribution is 0.141. The quantitative estimate of drug-likeness (QED) is 0.767. The van der Waals surface area contributed by atoms with Crippen molar-refractivity contribution in [2.75, 3.05) is 13.7 Å². The summed E-state index contributed by atoms with van der Waals surface area (Å²) in [5.74, 6) is 0. The van der Waals surface area contributed by atoms with E-state index in [9.17, 15) is 16.8 Å². The minimum absolute atomic E-state index is 0.0471. The van der Waals surface area contributed by atoms with Crippen molar-refractivity contribution < 1.29 is 21.6 Å².